The number of hydrogen-bond donors (Lipinski definition) is 1. The number of halogens is 1. The van der Waals surface area contributed by atoms with Gasteiger partial charge in [-0.2, -0.15) is 0 Å². The first-order chi connectivity index (χ1) is 7.09. The molecular formula is C11H13BrN2O. The fraction of sp³-hybridized carbons (Fsp3) is 0.364. The van der Waals surface area contributed by atoms with Crippen LogP contribution in [0.15, 0.2) is 22.7 Å². The van der Waals surface area contributed by atoms with E-state index in [1.165, 1.54) is 5.56 Å². The number of benzene rings is 1. The number of carbonyl (C=O) groups excluding carboxylic acids is 1. The van der Waals surface area contributed by atoms with Crippen LogP contribution >= 0.6 is 15.9 Å². The largest absolute Gasteiger partial charge is 0.320 e. The fourth-order valence-corrected chi connectivity index (χ4v) is 2.21. The van der Waals surface area contributed by atoms with E-state index in [2.05, 4.69) is 15.9 Å². The van der Waals surface area contributed by atoms with Gasteiger partial charge in [-0.1, -0.05) is 22.0 Å². The Balaban J connectivity index is 2.48. The van der Waals surface area contributed by atoms with E-state index in [4.69, 9.17) is 5.73 Å². The molecule has 0 saturated carbocycles. The molecule has 1 aliphatic rings. The molecule has 0 spiro atoms. The monoisotopic (exact) mass is 268 g/mol. The van der Waals surface area contributed by atoms with Gasteiger partial charge < -0.3 is 10.6 Å². The zero-order chi connectivity index (χ0) is 11.0. The molecule has 15 heavy (non-hydrogen) atoms. The molecule has 2 rings (SSSR count). The standard InChI is InChI=1S/C11H13BrN2O/c1-14-10-6-8(12)4-2-7(10)3-5-9(13)11(14)15/h2,4,6,9H,3,5,13H2,1H3. The lowest BCUT2D eigenvalue weighted by Crippen LogP contribution is -2.40. The first kappa shape index (κ1) is 10.6. The molecule has 0 saturated heterocycles. The van der Waals surface area contributed by atoms with E-state index in [-0.39, 0.29) is 11.9 Å². The van der Waals surface area contributed by atoms with E-state index in [1.54, 1.807) is 11.9 Å². The number of rotatable bonds is 0. The van der Waals surface area contributed by atoms with Gasteiger partial charge >= 0.3 is 0 Å². The minimum absolute atomic E-state index is 0.00755. The second-order valence-electron chi connectivity index (χ2n) is 3.82. The van der Waals surface area contributed by atoms with Gasteiger partial charge in [0.25, 0.3) is 0 Å². The van der Waals surface area contributed by atoms with E-state index in [9.17, 15) is 4.79 Å². The SMILES string of the molecule is CN1C(=O)C(N)CCc2ccc(Br)cc21. The third kappa shape index (κ3) is 1.92. The molecule has 2 N–H and O–H groups in total. The second-order valence-corrected chi connectivity index (χ2v) is 4.73. The molecule has 0 aromatic heterocycles. The Morgan fingerprint density at radius 3 is 3.00 bits per heavy atom. The number of nitrogens with zero attached hydrogens (tertiary/aromatic N) is 1. The van der Waals surface area contributed by atoms with Crippen LogP contribution in [0.1, 0.15) is 12.0 Å². The highest BCUT2D eigenvalue weighted by Crippen LogP contribution is 2.28. The molecule has 4 heteroatoms. The average Bonchev–Trinajstić information content (AvgIpc) is 2.32. The Hall–Kier alpha value is -0.870. The van der Waals surface area contributed by atoms with E-state index in [1.807, 2.05) is 18.2 Å². The molecular weight excluding hydrogens is 256 g/mol. The summed E-state index contributed by atoms with van der Waals surface area (Å²) in [5.74, 6) is -0.00755. The summed E-state index contributed by atoms with van der Waals surface area (Å²) >= 11 is 3.41. The molecule has 0 radical (unpaired) electrons. The Kier molecular flexibility index (Phi) is 2.80. The maximum absolute atomic E-state index is 11.8. The topological polar surface area (TPSA) is 46.3 Å². The Labute approximate surface area is 97.4 Å². The second kappa shape index (κ2) is 3.94. The van der Waals surface area contributed by atoms with E-state index < -0.39 is 0 Å². The van der Waals surface area contributed by atoms with Crippen LogP contribution in [0.5, 0.6) is 0 Å². The predicted molar refractivity (Wildman–Crippen MR) is 63.8 cm³/mol. The minimum atomic E-state index is -0.374. The Morgan fingerprint density at radius 1 is 1.53 bits per heavy atom. The van der Waals surface area contributed by atoms with E-state index >= 15 is 0 Å². The number of likely N-dealkylation sites (N-methyl/N-ethyl adjacent to an activating group) is 1. The lowest BCUT2D eigenvalue weighted by molar-refractivity contribution is -0.119. The molecule has 0 bridgehead atoms. The van der Waals surface area contributed by atoms with Gasteiger partial charge in [-0.05, 0) is 30.5 Å². The number of fused-ring (bicyclic) bond motifs is 1. The maximum Gasteiger partial charge on any atom is 0.243 e. The van der Waals surface area contributed by atoms with Gasteiger partial charge in [0.15, 0.2) is 0 Å². The summed E-state index contributed by atoms with van der Waals surface area (Å²) in [6.07, 6.45) is 1.58. The molecule has 0 fully saturated rings. The number of aryl methyl sites for hydroxylation is 1. The third-order valence-electron chi connectivity index (χ3n) is 2.78. The van der Waals surface area contributed by atoms with E-state index in [0.29, 0.717) is 0 Å². The lowest BCUT2D eigenvalue weighted by Gasteiger charge is -2.19. The highest BCUT2D eigenvalue weighted by molar-refractivity contribution is 9.10. The first-order valence-corrected chi connectivity index (χ1v) is 5.70. The quantitative estimate of drug-likeness (QED) is 0.779. The molecule has 1 aromatic carbocycles. The van der Waals surface area contributed by atoms with Crippen LogP contribution in [0.2, 0.25) is 0 Å². The van der Waals surface area contributed by atoms with E-state index in [0.717, 1.165) is 23.0 Å². The normalized spacial score (nSPS) is 21.1. The van der Waals surface area contributed by atoms with Gasteiger partial charge in [-0.3, -0.25) is 4.79 Å². The minimum Gasteiger partial charge on any atom is -0.320 e. The van der Waals surface area contributed by atoms with Crippen molar-refractivity contribution in [1.82, 2.24) is 0 Å². The number of amides is 1. The summed E-state index contributed by atoms with van der Waals surface area (Å²) in [4.78, 5) is 13.5. The van der Waals surface area contributed by atoms with Crippen LogP contribution in [0, 0.1) is 0 Å². The Bertz CT molecular complexity index is 406. The van der Waals surface area contributed by atoms with Crippen molar-refractivity contribution in [3.05, 3.63) is 28.2 Å². The number of anilines is 1. The van der Waals surface area contributed by atoms with Gasteiger partial charge in [0.05, 0.1) is 6.04 Å². The summed E-state index contributed by atoms with van der Waals surface area (Å²) in [6.45, 7) is 0. The van der Waals surface area contributed by atoms with Gasteiger partial charge in [-0.15, -0.1) is 0 Å². The molecule has 1 unspecified atom stereocenters. The maximum atomic E-state index is 11.8. The smallest absolute Gasteiger partial charge is 0.243 e. The lowest BCUT2D eigenvalue weighted by atomic mass is 10.1. The summed E-state index contributed by atoms with van der Waals surface area (Å²) in [7, 11) is 1.78. The highest BCUT2D eigenvalue weighted by Gasteiger charge is 2.24. The fourth-order valence-electron chi connectivity index (χ4n) is 1.86. The average molecular weight is 269 g/mol. The number of nitrogens with two attached hydrogens (primary N) is 1. The number of hydrogen-bond acceptors (Lipinski definition) is 2. The van der Waals surface area contributed by atoms with Crippen molar-refractivity contribution in [1.29, 1.82) is 0 Å². The van der Waals surface area contributed by atoms with Gasteiger partial charge in [-0.25, -0.2) is 0 Å². The van der Waals surface area contributed by atoms with Crippen molar-refractivity contribution in [2.45, 2.75) is 18.9 Å². The van der Waals surface area contributed by atoms with Crippen LogP contribution in [0.3, 0.4) is 0 Å². The van der Waals surface area contributed by atoms with Crippen LogP contribution in [0.25, 0.3) is 0 Å². The van der Waals surface area contributed by atoms with Gasteiger partial charge in [0, 0.05) is 17.2 Å². The first-order valence-electron chi connectivity index (χ1n) is 4.91. The number of carbonyl (C=O) groups is 1. The van der Waals surface area contributed by atoms with Gasteiger partial charge in [0.1, 0.15) is 0 Å². The summed E-state index contributed by atoms with van der Waals surface area (Å²) < 4.78 is 0.983. The zero-order valence-electron chi connectivity index (χ0n) is 8.53. The highest BCUT2D eigenvalue weighted by atomic mass is 79.9. The zero-order valence-corrected chi connectivity index (χ0v) is 10.1. The molecule has 80 valence electrons. The van der Waals surface area contributed by atoms with Crippen molar-refractivity contribution in [3.63, 3.8) is 0 Å². The predicted octanol–water partition coefficient (Wildman–Crippen LogP) is 1.69. The molecule has 1 aliphatic heterocycles. The van der Waals surface area contributed by atoms with Crippen LogP contribution in [0.4, 0.5) is 5.69 Å². The van der Waals surface area contributed by atoms with Crippen LogP contribution < -0.4 is 10.6 Å². The molecule has 1 heterocycles. The summed E-state index contributed by atoms with van der Waals surface area (Å²) in [5.41, 5.74) is 7.93. The van der Waals surface area contributed by atoms with Crippen molar-refractivity contribution >= 4 is 27.5 Å². The van der Waals surface area contributed by atoms with Crippen molar-refractivity contribution in [2.75, 3.05) is 11.9 Å². The van der Waals surface area contributed by atoms with Crippen molar-refractivity contribution in [2.24, 2.45) is 5.73 Å². The van der Waals surface area contributed by atoms with Gasteiger partial charge in [0.2, 0.25) is 5.91 Å². The van der Waals surface area contributed by atoms with Crippen LogP contribution in [-0.2, 0) is 11.2 Å². The van der Waals surface area contributed by atoms with Crippen molar-refractivity contribution in [3.8, 4) is 0 Å². The molecule has 1 atom stereocenters. The third-order valence-corrected chi connectivity index (χ3v) is 3.27. The molecule has 1 aromatic rings. The summed E-state index contributed by atoms with van der Waals surface area (Å²) in [5, 5.41) is 0. The summed E-state index contributed by atoms with van der Waals surface area (Å²) in [6, 6.07) is 5.63. The van der Waals surface area contributed by atoms with Crippen molar-refractivity contribution < 1.29 is 4.79 Å². The molecule has 1 amide bonds. The molecule has 0 aliphatic carbocycles. The van der Waals surface area contributed by atoms with Crippen LogP contribution in [-0.4, -0.2) is 19.0 Å². The molecule has 3 nitrogen and oxygen atoms in total. The Morgan fingerprint density at radius 2 is 2.27 bits per heavy atom.